The zero-order valence-electron chi connectivity index (χ0n) is 16.6. The molecule has 4 heteroatoms. The molecule has 1 aliphatic rings. The van der Waals surface area contributed by atoms with Crippen LogP contribution < -0.4 is 0 Å². The summed E-state index contributed by atoms with van der Waals surface area (Å²) >= 11 is 0. The monoisotopic (exact) mass is 361 g/mol. The number of imidazole rings is 1. The first kappa shape index (κ1) is 17.8. The molecule has 0 atom stereocenters. The molecule has 27 heavy (non-hydrogen) atoms. The number of amides is 1. The molecule has 2 heterocycles. The van der Waals surface area contributed by atoms with E-state index in [2.05, 4.69) is 49.6 Å². The number of aryl methyl sites for hydroxylation is 3. The predicted octanol–water partition coefficient (Wildman–Crippen LogP) is 4.75. The normalized spacial score (nSPS) is 15.5. The van der Waals surface area contributed by atoms with Gasteiger partial charge in [-0.1, -0.05) is 18.2 Å². The van der Waals surface area contributed by atoms with Crippen LogP contribution in [0.2, 0.25) is 0 Å². The molecule has 4 rings (SSSR count). The number of likely N-dealkylation sites (tertiary alicyclic amines) is 1. The number of piperidine rings is 1. The lowest BCUT2D eigenvalue weighted by molar-refractivity contribution is 0.0694. The zero-order valence-corrected chi connectivity index (χ0v) is 16.6. The van der Waals surface area contributed by atoms with Gasteiger partial charge in [0.15, 0.2) is 0 Å². The second kappa shape index (κ2) is 6.84. The first-order valence-corrected chi connectivity index (χ1v) is 9.76. The number of hydrogen-bond donors (Lipinski definition) is 0. The zero-order chi connectivity index (χ0) is 19.1. The van der Waals surface area contributed by atoms with Crippen LogP contribution in [0, 0.1) is 27.7 Å². The number of nitrogens with zero attached hydrogens (tertiary/aromatic N) is 3. The van der Waals surface area contributed by atoms with Crippen molar-refractivity contribution in [3.63, 3.8) is 0 Å². The average Bonchev–Trinajstić information content (AvgIpc) is 2.98. The minimum Gasteiger partial charge on any atom is -0.338 e. The summed E-state index contributed by atoms with van der Waals surface area (Å²) in [7, 11) is 0. The van der Waals surface area contributed by atoms with Crippen LogP contribution in [0.5, 0.6) is 0 Å². The van der Waals surface area contributed by atoms with E-state index < -0.39 is 0 Å². The Kier molecular flexibility index (Phi) is 4.50. The molecular formula is C23H27N3O. The Morgan fingerprint density at radius 2 is 1.78 bits per heavy atom. The fourth-order valence-electron chi connectivity index (χ4n) is 4.26. The van der Waals surface area contributed by atoms with Crippen LogP contribution in [0.25, 0.3) is 11.0 Å². The maximum Gasteiger partial charge on any atom is 0.254 e. The molecule has 0 radical (unpaired) electrons. The van der Waals surface area contributed by atoms with Crippen molar-refractivity contribution in [3.05, 3.63) is 64.5 Å². The first-order valence-electron chi connectivity index (χ1n) is 9.76. The second-order valence-electron chi connectivity index (χ2n) is 7.79. The van der Waals surface area contributed by atoms with Gasteiger partial charge in [-0.3, -0.25) is 4.79 Å². The standard InChI is InChI=1S/C23H27N3O/c1-15-8-9-21-22(14-15)26(18(4)24-21)19-10-12-25(13-11-19)23(27)20-7-5-6-16(2)17(20)3/h5-9,14,19H,10-13H2,1-4H3. The predicted molar refractivity (Wildman–Crippen MR) is 109 cm³/mol. The highest BCUT2D eigenvalue weighted by molar-refractivity contribution is 5.96. The second-order valence-corrected chi connectivity index (χ2v) is 7.79. The molecule has 3 aromatic rings. The van der Waals surface area contributed by atoms with Gasteiger partial charge in [0.25, 0.3) is 5.91 Å². The van der Waals surface area contributed by atoms with E-state index in [9.17, 15) is 4.79 Å². The van der Waals surface area contributed by atoms with Crippen molar-refractivity contribution in [2.24, 2.45) is 0 Å². The van der Waals surface area contributed by atoms with Crippen LogP contribution in [-0.2, 0) is 0 Å². The van der Waals surface area contributed by atoms with Gasteiger partial charge in [0.1, 0.15) is 5.82 Å². The smallest absolute Gasteiger partial charge is 0.254 e. The number of benzene rings is 2. The van der Waals surface area contributed by atoms with E-state index >= 15 is 0 Å². The Labute approximate surface area is 160 Å². The Morgan fingerprint density at radius 3 is 2.52 bits per heavy atom. The first-order chi connectivity index (χ1) is 13.0. The molecule has 0 aliphatic carbocycles. The van der Waals surface area contributed by atoms with Gasteiger partial charge in [0.05, 0.1) is 11.0 Å². The van der Waals surface area contributed by atoms with E-state index in [1.165, 1.54) is 16.6 Å². The van der Waals surface area contributed by atoms with Crippen molar-refractivity contribution >= 4 is 16.9 Å². The van der Waals surface area contributed by atoms with Crippen molar-refractivity contribution in [1.29, 1.82) is 0 Å². The molecular weight excluding hydrogens is 334 g/mol. The van der Waals surface area contributed by atoms with E-state index in [0.29, 0.717) is 6.04 Å². The quantitative estimate of drug-likeness (QED) is 0.661. The van der Waals surface area contributed by atoms with Crippen LogP contribution in [-0.4, -0.2) is 33.4 Å². The molecule has 0 N–H and O–H groups in total. The number of carbonyl (C=O) groups excluding carboxylic acids is 1. The third kappa shape index (κ3) is 3.14. The number of carbonyl (C=O) groups is 1. The molecule has 1 aromatic heterocycles. The van der Waals surface area contributed by atoms with Crippen molar-refractivity contribution in [2.75, 3.05) is 13.1 Å². The molecule has 2 aromatic carbocycles. The van der Waals surface area contributed by atoms with Gasteiger partial charge in [-0.2, -0.15) is 0 Å². The third-order valence-electron chi connectivity index (χ3n) is 5.97. The van der Waals surface area contributed by atoms with Gasteiger partial charge >= 0.3 is 0 Å². The number of fused-ring (bicyclic) bond motifs is 1. The minimum atomic E-state index is 0.165. The maximum absolute atomic E-state index is 13.0. The van der Waals surface area contributed by atoms with Gasteiger partial charge < -0.3 is 9.47 Å². The molecule has 0 unspecified atom stereocenters. The number of rotatable bonds is 2. The third-order valence-corrected chi connectivity index (χ3v) is 5.97. The van der Waals surface area contributed by atoms with Gasteiger partial charge in [0, 0.05) is 24.7 Å². The summed E-state index contributed by atoms with van der Waals surface area (Å²) in [5, 5.41) is 0. The molecule has 1 fully saturated rings. The molecule has 140 valence electrons. The van der Waals surface area contributed by atoms with Gasteiger partial charge in [-0.05, 0) is 75.4 Å². The molecule has 0 bridgehead atoms. The van der Waals surface area contributed by atoms with Gasteiger partial charge in [-0.15, -0.1) is 0 Å². The van der Waals surface area contributed by atoms with Gasteiger partial charge in [0.2, 0.25) is 0 Å². The molecule has 1 amide bonds. The Bertz CT molecular complexity index is 1010. The lowest BCUT2D eigenvalue weighted by Gasteiger charge is -2.34. The molecule has 0 spiro atoms. The summed E-state index contributed by atoms with van der Waals surface area (Å²) in [6.45, 7) is 9.90. The van der Waals surface area contributed by atoms with E-state index in [0.717, 1.165) is 48.4 Å². The summed E-state index contributed by atoms with van der Waals surface area (Å²) in [6.07, 6.45) is 1.94. The summed E-state index contributed by atoms with van der Waals surface area (Å²) < 4.78 is 2.38. The van der Waals surface area contributed by atoms with Crippen LogP contribution >= 0.6 is 0 Å². The molecule has 4 nitrogen and oxygen atoms in total. The van der Waals surface area contributed by atoms with E-state index in [1.807, 2.05) is 24.0 Å². The fraction of sp³-hybridized carbons (Fsp3) is 0.391. The maximum atomic E-state index is 13.0. The largest absolute Gasteiger partial charge is 0.338 e. The average molecular weight is 361 g/mol. The fourth-order valence-corrected chi connectivity index (χ4v) is 4.26. The highest BCUT2D eigenvalue weighted by Crippen LogP contribution is 2.30. The Hall–Kier alpha value is -2.62. The summed E-state index contributed by atoms with van der Waals surface area (Å²) in [5.74, 6) is 1.23. The highest BCUT2D eigenvalue weighted by atomic mass is 16.2. The van der Waals surface area contributed by atoms with Gasteiger partial charge in [-0.25, -0.2) is 4.98 Å². The van der Waals surface area contributed by atoms with Crippen molar-refractivity contribution in [2.45, 2.75) is 46.6 Å². The minimum absolute atomic E-state index is 0.165. The SMILES string of the molecule is Cc1ccc2nc(C)n(C3CCN(C(=O)c4cccc(C)c4C)CC3)c2c1. The van der Waals surface area contributed by atoms with E-state index in [4.69, 9.17) is 4.98 Å². The summed E-state index contributed by atoms with van der Waals surface area (Å²) in [4.78, 5) is 19.7. The van der Waals surface area contributed by atoms with E-state index in [-0.39, 0.29) is 5.91 Å². The van der Waals surface area contributed by atoms with Crippen molar-refractivity contribution in [3.8, 4) is 0 Å². The van der Waals surface area contributed by atoms with Crippen LogP contribution in [0.4, 0.5) is 0 Å². The number of aromatic nitrogens is 2. The molecule has 0 saturated carbocycles. The molecule has 1 aliphatic heterocycles. The lowest BCUT2D eigenvalue weighted by atomic mass is 9.99. The van der Waals surface area contributed by atoms with E-state index in [1.54, 1.807) is 0 Å². The van der Waals surface area contributed by atoms with Crippen molar-refractivity contribution < 1.29 is 4.79 Å². The lowest BCUT2D eigenvalue weighted by Crippen LogP contribution is -2.39. The molecule has 1 saturated heterocycles. The summed E-state index contributed by atoms with van der Waals surface area (Å²) in [6, 6.07) is 12.8. The number of hydrogen-bond acceptors (Lipinski definition) is 2. The Balaban J connectivity index is 1.54. The Morgan fingerprint density at radius 1 is 1.04 bits per heavy atom. The topological polar surface area (TPSA) is 38.1 Å². The van der Waals surface area contributed by atoms with Crippen LogP contribution in [0.1, 0.15) is 51.8 Å². The van der Waals surface area contributed by atoms with Crippen LogP contribution in [0.3, 0.4) is 0 Å². The van der Waals surface area contributed by atoms with Crippen LogP contribution in [0.15, 0.2) is 36.4 Å². The highest BCUT2D eigenvalue weighted by Gasteiger charge is 2.27. The summed E-state index contributed by atoms with van der Waals surface area (Å²) in [5.41, 5.74) is 6.64. The van der Waals surface area contributed by atoms with Crippen molar-refractivity contribution in [1.82, 2.24) is 14.5 Å².